The molecule has 1 heterocycles. The quantitative estimate of drug-likeness (QED) is 0.792. The van der Waals surface area contributed by atoms with Crippen LogP contribution in [0.25, 0.3) is 0 Å². The van der Waals surface area contributed by atoms with E-state index in [1.807, 2.05) is 11.3 Å². The highest BCUT2D eigenvalue weighted by Crippen LogP contribution is 2.29. The largest absolute Gasteiger partial charge is 0.311 e. The van der Waals surface area contributed by atoms with Crippen molar-refractivity contribution in [1.82, 2.24) is 10.2 Å². The summed E-state index contributed by atoms with van der Waals surface area (Å²) in [5.41, 5.74) is 1.63. The summed E-state index contributed by atoms with van der Waals surface area (Å²) in [4.78, 5) is 5.38. The molecule has 90 valence electrons. The highest BCUT2D eigenvalue weighted by Gasteiger charge is 2.12. The van der Waals surface area contributed by atoms with E-state index >= 15 is 0 Å². The lowest BCUT2D eigenvalue weighted by molar-refractivity contribution is 0.400. The Morgan fingerprint density at radius 1 is 1.31 bits per heavy atom. The molecule has 1 aliphatic carbocycles. The SMILES string of the molecule is CN(C)CCNCc1cc2c(s1)CCCC2. The van der Waals surface area contributed by atoms with Crippen LogP contribution in [0.1, 0.15) is 28.2 Å². The normalized spacial score (nSPS) is 15.4. The molecular formula is C13H22N2S. The lowest BCUT2D eigenvalue weighted by Gasteiger charge is -2.09. The van der Waals surface area contributed by atoms with Crippen LogP contribution >= 0.6 is 11.3 Å². The van der Waals surface area contributed by atoms with E-state index < -0.39 is 0 Å². The second-order valence-electron chi connectivity index (χ2n) is 4.85. The van der Waals surface area contributed by atoms with Gasteiger partial charge in [-0.3, -0.25) is 0 Å². The van der Waals surface area contributed by atoms with Crippen LogP contribution in [0.2, 0.25) is 0 Å². The minimum atomic E-state index is 1.05. The summed E-state index contributed by atoms with van der Waals surface area (Å²) >= 11 is 2.02. The molecule has 0 bridgehead atoms. The molecule has 1 aromatic heterocycles. The molecule has 0 fully saturated rings. The molecule has 0 atom stereocenters. The van der Waals surface area contributed by atoms with Crippen LogP contribution in [0.5, 0.6) is 0 Å². The summed E-state index contributed by atoms with van der Waals surface area (Å²) in [5.74, 6) is 0. The minimum Gasteiger partial charge on any atom is -0.311 e. The van der Waals surface area contributed by atoms with Crippen molar-refractivity contribution < 1.29 is 0 Å². The van der Waals surface area contributed by atoms with Gasteiger partial charge in [0.25, 0.3) is 0 Å². The first kappa shape index (κ1) is 12.1. The monoisotopic (exact) mass is 238 g/mol. The third-order valence-electron chi connectivity index (χ3n) is 3.08. The fourth-order valence-corrected chi connectivity index (χ4v) is 3.38. The van der Waals surface area contributed by atoms with Crippen LogP contribution in [0.3, 0.4) is 0 Å². The predicted octanol–water partition coefficient (Wildman–Crippen LogP) is 2.28. The van der Waals surface area contributed by atoms with Gasteiger partial charge in [-0.25, -0.2) is 0 Å². The molecule has 2 rings (SSSR count). The number of hydrogen-bond acceptors (Lipinski definition) is 3. The summed E-state index contributed by atoms with van der Waals surface area (Å²) in [7, 11) is 4.23. The van der Waals surface area contributed by atoms with E-state index in [1.165, 1.54) is 30.6 Å². The van der Waals surface area contributed by atoms with Gasteiger partial charge in [0.15, 0.2) is 0 Å². The van der Waals surface area contributed by atoms with Gasteiger partial charge in [-0.2, -0.15) is 0 Å². The van der Waals surface area contributed by atoms with Gasteiger partial charge >= 0.3 is 0 Å². The molecular weight excluding hydrogens is 216 g/mol. The van der Waals surface area contributed by atoms with Gasteiger partial charge in [-0.15, -0.1) is 11.3 Å². The molecule has 1 aliphatic rings. The minimum absolute atomic E-state index is 1.05. The van der Waals surface area contributed by atoms with Crippen molar-refractivity contribution in [3.05, 3.63) is 21.4 Å². The van der Waals surface area contributed by atoms with E-state index in [1.54, 1.807) is 10.4 Å². The van der Waals surface area contributed by atoms with Crippen LogP contribution in [-0.2, 0) is 19.4 Å². The van der Waals surface area contributed by atoms with Gasteiger partial charge in [0.2, 0.25) is 0 Å². The zero-order chi connectivity index (χ0) is 11.4. The fourth-order valence-electron chi connectivity index (χ4n) is 2.15. The van der Waals surface area contributed by atoms with Crippen molar-refractivity contribution in [3.8, 4) is 0 Å². The number of hydrogen-bond donors (Lipinski definition) is 1. The molecule has 0 unspecified atom stereocenters. The third-order valence-corrected chi connectivity index (χ3v) is 4.32. The maximum Gasteiger partial charge on any atom is 0.0300 e. The second kappa shape index (κ2) is 5.80. The van der Waals surface area contributed by atoms with Gasteiger partial charge in [0.1, 0.15) is 0 Å². The van der Waals surface area contributed by atoms with E-state index in [0.29, 0.717) is 0 Å². The molecule has 0 saturated heterocycles. The molecule has 0 aliphatic heterocycles. The Hall–Kier alpha value is -0.380. The highest BCUT2D eigenvalue weighted by atomic mass is 32.1. The van der Waals surface area contributed by atoms with Crippen molar-refractivity contribution in [3.63, 3.8) is 0 Å². The van der Waals surface area contributed by atoms with Crippen LogP contribution in [0.15, 0.2) is 6.07 Å². The Balaban J connectivity index is 1.79. The van der Waals surface area contributed by atoms with E-state index in [4.69, 9.17) is 0 Å². The molecule has 1 N–H and O–H groups in total. The number of nitrogens with one attached hydrogen (secondary N) is 1. The van der Waals surface area contributed by atoms with Crippen LogP contribution < -0.4 is 5.32 Å². The van der Waals surface area contributed by atoms with Gasteiger partial charge in [-0.05, 0) is 51.4 Å². The van der Waals surface area contributed by atoms with Crippen molar-refractivity contribution >= 4 is 11.3 Å². The molecule has 16 heavy (non-hydrogen) atoms. The third kappa shape index (κ3) is 3.30. The second-order valence-corrected chi connectivity index (χ2v) is 6.07. The van der Waals surface area contributed by atoms with Crippen molar-refractivity contribution in [1.29, 1.82) is 0 Å². The molecule has 0 radical (unpaired) electrons. The first-order valence-electron chi connectivity index (χ1n) is 6.21. The molecule has 2 nitrogen and oxygen atoms in total. The van der Waals surface area contributed by atoms with Gasteiger partial charge in [-0.1, -0.05) is 0 Å². The van der Waals surface area contributed by atoms with E-state index in [0.717, 1.165) is 19.6 Å². The maximum absolute atomic E-state index is 3.51. The Bertz CT molecular complexity index is 307. The number of aryl methyl sites for hydroxylation is 2. The lowest BCUT2D eigenvalue weighted by atomic mass is 9.99. The average Bonchev–Trinajstić information content (AvgIpc) is 2.66. The smallest absolute Gasteiger partial charge is 0.0300 e. The summed E-state index contributed by atoms with van der Waals surface area (Å²) in [5, 5.41) is 3.51. The maximum atomic E-state index is 3.51. The zero-order valence-electron chi connectivity index (χ0n) is 10.4. The topological polar surface area (TPSA) is 15.3 Å². The molecule has 0 spiro atoms. The zero-order valence-corrected chi connectivity index (χ0v) is 11.2. The summed E-state index contributed by atoms with van der Waals surface area (Å²) < 4.78 is 0. The lowest BCUT2D eigenvalue weighted by Crippen LogP contribution is -2.25. The fraction of sp³-hybridized carbons (Fsp3) is 0.692. The molecule has 0 saturated carbocycles. The molecule has 0 aromatic carbocycles. The van der Waals surface area contributed by atoms with Gasteiger partial charge in [0.05, 0.1) is 0 Å². The Labute approximate surface area is 103 Å². The van der Waals surface area contributed by atoms with Crippen LogP contribution in [-0.4, -0.2) is 32.1 Å². The van der Waals surface area contributed by atoms with E-state index in [-0.39, 0.29) is 0 Å². The van der Waals surface area contributed by atoms with Gasteiger partial charge < -0.3 is 10.2 Å². The molecule has 0 amide bonds. The number of thiophene rings is 1. The van der Waals surface area contributed by atoms with Crippen molar-refractivity contribution in [2.75, 3.05) is 27.2 Å². The standard InChI is InChI=1S/C13H22N2S/c1-15(2)8-7-14-10-12-9-11-5-3-4-6-13(11)16-12/h9,14H,3-8,10H2,1-2H3. The van der Waals surface area contributed by atoms with Crippen LogP contribution in [0, 0.1) is 0 Å². The van der Waals surface area contributed by atoms with Crippen molar-refractivity contribution in [2.45, 2.75) is 32.2 Å². The molecule has 3 heteroatoms. The van der Waals surface area contributed by atoms with E-state index in [2.05, 4.69) is 30.4 Å². The number of fused-ring (bicyclic) bond motifs is 1. The van der Waals surface area contributed by atoms with Crippen LogP contribution in [0.4, 0.5) is 0 Å². The highest BCUT2D eigenvalue weighted by molar-refractivity contribution is 7.12. The predicted molar refractivity (Wildman–Crippen MR) is 71.2 cm³/mol. The summed E-state index contributed by atoms with van der Waals surface area (Å²) in [6, 6.07) is 2.42. The van der Waals surface area contributed by atoms with Crippen molar-refractivity contribution in [2.24, 2.45) is 0 Å². The van der Waals surface area contributed by atoms with E-state index in [9.17, 15) is 0 Å². The summed E-state index contributed by atoms with van der Waals surface area (Å²) in [6.07, 6.45) is 5.40. The number of rotatable bonds is 5. The Kier molecular flexibility index (Phi) is 4.38. The van der Waals surface area contributed by atoms with Gasteiger partial charge in [0, 0.05) is 29.4 Å². The molecule has 1 aromatic rings. The number of nitrogens with zero attached hydrogens (tertiary/aromatic N) is 1. The number of likely N-dealkylation sites (N-methyl/N-ethyl adjacent to an activating group) is 1. The Morgan fingerprint density at radius 2 is 2.12 bits per heavy atom. The Morgan fingerprint density at radius 3 is 2.88 bits per heavy atom. The first-order chi connectivity index (χ1) is 7.75. The summed E-state index contributed by atoms with van der Waals surface area (Å²) in [6.45, 7) is 3.24. The first-order valence-corrected chi connectivity index (χ1v) is 7.03. The average molecular weight is 238 g/mol.